The summed E-state index contributed by atoms with van der Waals surface area (Å²) in [6, 6.07) is 0.188. The third kappa shape index (κ3) is 2.78. The van der Waals surface area contributed by atoms with Gasteiger partial charge in [-0.3, -0.25) is 9.69 Å². The van der Waals surface area contributed by atoms with Gasteiger partial charge in [-0.05, 0) is 5.92 Å². The lowest BCUT2D eigenvalue weighted by Crippen LogP contribution is -2.33. The maximum atomic E-state index is 11.7. The number of anilines is 1. The van der Waals surface area contributed by atoms with E-state index in [0.717, 1.165) is 13.1 Å². The van der Waals surface area contributed by atoms with Crippen LogP contribution in [0, 0.1) is 5.92 Å². The van der Waals surface area contributed by atoms with Gasteiger partial charge in [0.25, 0.3) is 0 Å². The van der Waals surface area contributed by atoms with Crippen LogP contribution in [0.3, 0.4) is 0 Å². The molecular weight excluding hydrogens is 224 g/mol. The highest BCUT2D eigenvalue weighted by Crippen LogP contribution is 2.14. The van der Waals surface area contributed by atoms with E-state index < -0.39 is 0 Å². The van der Waals surface area contributed by atoms with Crippen LogP contribution in [0.25, 0.3) is 0 Å². The average molecular weight is 240 g/mol. The van der Waals surface area contributed by atoms with E-state index in [2.05, 4.69) is 22.1 Å². The second-order valence-electron chi connectivity index (χ2n) is 4.22. The number of hydrogen-bond donors (Lipinski definition) is 2. The fourth-order valence-corrected chi connectivity index (χ4v) is 2.42. The summed E-state index contributed by atoms with van der Waals surface area (Å²) in [6.07, 6.45) is 1.67. The summed E-state index contributed by atoms with van der Waals surface area (Å²) < 4.78 is 0. The maximum absolute atomic E-state index is 11.7. The molecule has 1 amide bonds. The van der Waals surface area contributed by atoms with Crippen LogP contribution in [-0.4, -0.2) is 41.5 Å². The van der Waals surface area contributed by atoms with Crippen molar-refractivity contribution in [3.8, 4) is 0 Å². The molecule has 1 aromatic rings. The molecule has 5 nitrogen and oxygen atoms in total. The van der Waals surface area contributed by atoms with Crippen molar-refractivity contribution in [3.63, 3.8) is 0 Å². The smallest absolute Gasteiger partial charge is 0.240 e. The predicted octanol–water partition coefficient (Wildman–Crippen LogP) is 0.361. The van der Waals surface area contributed by atoms with Gasteiger partial charge in [0.15, 0.2) is 5.13 Å². The van der Waals surface area contributed by atoms with Crippen LogP contribution in [0.1, 0.15) is 6.92 Å². The zero-order valence-corrected chi connectivity index (χ0v) is 10.0. The second-order valence-corrected chi connectivity index (χ2v) is 5.12. The van der Waals surface area contributed by atoms with Gasteiger partial charge < -0.3 is 11.1 Å². The fraction of sp³-hybridized carbons (Fsp3) is 0.600. The third-order valence-corrected chi connectivity index (χ3v) is 3.48. The van der Waals surface area contributed by atoms with Gasteiger partial charge in [-0.15, -0.1) is 11.3 Å². The second kappa shape index (κ2) is 4.90. The van der Waals surface area contributed by atoms with E-state index in [1.165, 1.54) is 11.3 Å². The van der Waals surface area contributed by atoms with E-state index in [1.807, 2.05) is 5.38 Å². The number of nitrogens with two attached hydrogens (primary N) is 1. The molecule has 1 aromatic heterocycles. The van der Waals surface area contributed by atoms with Crippen LogP contribution in [-0.2, 0) is 4.79 Å². The lowest BCUT2D eigenvalue weighted by atomic mass is 10.1. The normalized spacial score (nSPS) is 25.9. The van der Waals surface area contributed by atoms with Gasteiger partial charge in [0, 0.05) is 30.7 Å². The van der Waals surface area contributed by atoms with Crippen molar-refractivity contribution in [1.29, 1.82) is 0 Å². The molecule has 0 aromatic carbocycles. The SMILES string of the molecule is CC1CN(CC(=O)Nc2nccs2)CC1N. The minimum Gasteiger partial charge on any atom is -0.326 e. The predicted molar refractivity (Wildman–Crippen MR) is 64.3 cm³/mol. The monoisotopic (exact) mass is 240 g/mol. The van der Waals surface area contributed by atoms with Gasteiger partial charge in [0.2, 0.25) is 5.91 Å². The van der Waals surface area contributed by atoms with Crippen molar-refractivity contribution in [2.45, 2.75) is 13.0 Å². The van der Waals surface area contributed by atoms with E-state index in [0.29, 0.717) is 17.6 Å². The minimum absolute atomic E-state index is 0.0174. The van der Waals surface area contributed by atoms with E-state index in [1.54, 1.807) is 6.20 Å². The molecule has 0 saturated carbocycles. The van der Waals surface area contributed by atoms with E-state index in [9.17, 15) is 4.79 Å². The molecule has 2 heterocycles. The van der Waals surface area contributed by atoms with Crippen LogP contribution in [0.5, 0.6) is 0 Å². The molecule has 2 atom stereocenters. The van der Waals surface area contributed by atoms with Crippen LogP contribution >= 0.6 is 11.3 Å². The number of thiazole rings is 1. The Hall–Kier alpha value is -0.980. The first-order valence-electron chi connectivity index (χ1n) is 5.32. The summed E-state index contributed by atoms with van der Waals surface area (Å²) in [5.41, 5.74) is 5.90. The van der Waals surface area contributed by atoms with Crippen LogP contribution in [0.4, 0.5) is 5.13 Å². The summed E-state index contributed by atoms with van der Waals surface area (Å²) >= 11 is 1.42. The van der Waals surface area contributed by atoms with Crippen molar-refractivity contribution >= 4 is 22.4 Å². The zero-order chi connectivity index (χ0) is 11.5. The van der Waals surface area contributed by atoms with Gasteiger partial charge in [0.05, 0.1) is 6.54 Å². The number of amides is 1. The molecule has 1 saturated heterocycles. The topological polar surface area (TPSA) is 71.2 Å². The Morgan fingerprint density at radius 2 is 2.56 bits per heavy atom. The Morgan fingerprint density at radius 3 is 3.12 bits per heavy atom. The molecule has 0 radical (unpaired) electrons. The maximum Gasteiger partial charge on any atom is 0.240 e. The van der Waals surface area contributed by atoms with Crippen molar-refractivity contribution in [1.82, 2.24) is 9.88 Å². The first-order chi connectivity index (χ1) is 7.65. The molecule has 88 valence electrons. The summed E-state index contributed by atoms with van der Waals surface area (Å²) in [7, 11) is 0. The Bertz CT molecular complexity index is 344. The van der Waals surface area contributed by atoms with Crippen molar-refractivity contribution in [2.24, 2.45) is 11.7 Å². The number of rotatable bonds is 3. The fourth-order valence-electron chi connectivity index (χ4n) is 1.87. The Morgan fingerprint density at radius 1 is 1.75 bits per heavy atom. The lowest BCUT2D eigenvalue weighted by molar-refractivity contribution is -0.117. The number of nitrogens with one attached hydrogen (secondary N) is 1. The number of likely N-dealkylation sites (tertiary alicyclic amines) is 1. The number of aromatic nitrogens is 1. The van der Waals surface area contributed by atoms with Crippen molar-refractivity contribution < 1.29 is 4.79 Å². The van der Waals surface area contributed by atoms with Gasteiger partial charge in [-0.25, -0.2) is 4.98 Å². The standard InChI is InChI=1S/C10H16N4OS/c1-7-4-14(5-8(7)11)6-9(15)13-10-12-2-3-16-10/h2-3,7-8H,4-6,11H2,1H3,(H,12,13,15). The van der Waals surface area contributed by atoms with Crippen LogP contribution < -0.4 is 11.1 Å². The molecule has 2 rings (SSSR count). The number of nitrogens with zero attached hydrogens (tertiary/aromatic N) is 2. The van der Waals surface area contributed by atoms with Crippen molar-refractivity contribution in [3.05, 3.63) is 11.6 Å². The quantitative estimate of drug-likeness (QED) is 0.800. The Labute approximate surface area is 98.7 Å². The Balaban J connectivity index is 1.80. The largest absolute Gasteiger partial charge is 0.326 e. The highest BCUT2D eigenvalue weighted by molar-refractivity contribution is 7.13. The van der Waals surface area contributed by atoms with Gasteiger partial charge >= 0.3 is 0 Å². The lowest BCUT2D eigenvalue weighted by Gasteiger charge is -2.13. The summed E-state index contributed by atoms with van der Waals surface area (Å²) in [6.45, 7) is 4.21. The van der Waals surface area contributed by atoms with Gasteiger partial charge in [-0.1, -0.05) is 6.92 Å². The van der Waals surface area contributed by atoms with E-state index in [4.69, 9.17) is 5.73 Å². The van der Waals surface area contributed by atoms with Crippen LogP contribution in [0.15, 0.2) is 11.6 Å². The van der Waals surface area contributed by atoms with Gasteiger partial charge in [-0.2, -0.15) is 0 Å². The van der Waals surface area contributed by atoms with E-state index in [-0.39, 0.29) is 11.9 Å². The Kier molecular flexibility index (Phi) is 3.52. The zero-order valence-electron chi connectivity index (χ0n) is 9.22. The molecule has 0 aliphatic carbocycles. The molecule has 0 spiro atoms. The number of carbonyl (C=O) groups excluding carboxylic acids is 1. The molecule has 16 heavy (non-hydrogen) atoms. The number of carbonyl (C=O) groups is 1. The molecule has 3 N–H and O–H groups in total. The first-order valence-corrected chi connectivity index (χ1v) is 6.20. The van der Waals surface area contributed by atoms with Crippen LogP contribution in [0.2, 0.25) is 0 Å². The highest BCUT2D eigenvalue weighted by Gasteiger charge is 2.27. The summed E-state index contributed by atoms with van der Waals surface area (Å²) in [5.74, 6) is 0.448. The molecule has 6 heteroatoms. The molecular formula is C10H16N4OS. The third-order valence-electron chi connectivity index (χ3n) is 2.79. The summed E-state index contributed by atoms with van der Waals surface area (Å²) in [4.78, 5) is 17.7. The molecule has 1 aliphatic rings. The minimum atomic E-state index is -0.0174. The van der Waals surface area contributed by atoms with E-state index >= 15 is 0 Å². The molecule has 1 aliphatic heterocycles. The average Bonchev–Trinajstić information content (AvgIpc) is 2.78. The highest BCUT2D eigenvalue weighted by atomic mass is 32.1. The molecule has 2 unspecified atom stereocenters. The van der Waals surface area contributed by atoms with Crippen molar-refractivity contribution in [2.75, 3.05) is 25.0 Å². The molecule has 0 bridgehead atoms. The summed E-state index contributed by atoms with van der Waals surface area (Å²) in [5, 5.41) is 5.26. The first kappa shape index (κ1) is 11.5. The molecule has 1 fully saturated rings. The van der Waals surface area contributed by atoms with Gasteiger partial charge in [0.1, 0.15) is 0 Å². The number of hydrogen-bond acceptors (Lipinski definition) is 5.